The van der Waals surface area contributed by atoms with E-state index in [0.29, 0.717) is 24.2 Å². The second-order valence-electron chi connectivity index (χ2n) is 7.91. The minimum atomic E-state index is 0.370. The highest BCUT2D eigenvalue weighted by Crippen LogP contribution is 2.31. The van der Waals surface area contributed by atoms with Gasteiger partial charge < -0.3 is 4.74 Å². The quantitative estimate of drug-likeness (QED) is 0.358. The van der Waals surface area contributed by atoms with Crippen molar-refractivity contribution in [1.29, 1.82) is 0 Å². The lowest BCUT2D eigenvalue weighted by Crippen LogP contribution is -2.03. The van der Waals surface area contributed by atoms with E-state index in [2.05, 4.69) is 42.4 Å². The maximum absolute atomic E-state index is 6.21. The van der Waals surface area contributed by atoms with Crippen LogP contribution in [0.15, 0.2) is 85.2 Å². The van der Waals surface area contributed by atoms with Gasteiger partial charge in [0.1, 0.15) is 6.61 Å². The predicted octanol–water partition coefficient (Wildman–Crippen LogP) is 5.58. The lowest BCUT2D eigenvalue weighted by molar-refractivity contribution is 0.298. The van der Waals surface area contributed by atoms with Gasteiger partial charge in [-0.25, -0.2) is 9.67 Å². The number of benzene rings is 3. The van der Waals surface area contributed by atoms with E-state index in [9.17, 15) is 0 Å². The van der Waals surface area contributed by atoms with Gasteiger partial charge in [0, 0.05) is 5.56 Å². The van der Waals surface area contributed by atoms with Gasteiger partial charge in [0.2, 0.25) is 5.88 Å². The highest BCUT2D eigenvalue weighted by atomic mass is 16.5. The van der Waals surface area contributed by atoms with Crippen LogP contribution in [0.2, 0.25) is 0 Å². The van der Waals surface area contributed by atoms with Crippen molar-refractivity contribution in [3.63, 3.8) is 0 Å². The van der Waals surface area contributed by atoms with E-state index in [1.165, 1.54) is 5.56 Å². The van der Waals surface area contributed by atoms with Gasteiger partial charge >= 0.3 is 0 Å². The Kier molecular flexibility index (Phi) is 5.34. The average molecular weight is 422 g/mol. The summed E-state index contributed by atoms with van der Waals surface area (Å²) < 4.78 is 7.94. The summed E-state index contributed by atoms with van der Waals surface area (Å²) in [5.74, 6) is 1.64. The molecule has 0 aliphatic heterocycles. The number of aromatic nitrogens is 5. The van der Waals surface area contributed by atoms with Gasteiger partial charge in [-0.1, -0.05) is 67.6 Å². The Bertz CT molecular complexity index is 1340. The Morgan fingerprint density at radius 2 is 1.66 bits per heavy atom. The summed E-state index contributed by atoms with van der Waals surface area (Å²) in [4.78, 5) is 9.67. The summed E-state index contributed by atoms with van der Waals surface area (Å²) in [5, 5.41) is 8.77. The van der Waals surface area contributed by atoms with Crippen LogP contribution in [0.3, 0.4) is 0 Å². The van der Waals surface area contributed by atoms with Crippen LogP contribution in [0.25, 0.3) is 28.0 Å². The largest absolute Gasteiger partial charge is 0.472 e. The highest BCUT2D eigenvalue weighted by Gasteiger charge is 2.14. The average Bonchev–Trinajstić information content (AvgIpc) is 3.38. The molecule has 3 aromatic carbocycles. The second-order valence-corrected chi connectivity index (χ2v) is 7.91. The minimum Gasteiger partial charge on any atom is -0.472 e. The van der Waals surface area contributed by atoms with Crippen molar-refractivity contribution in [2.45, 2.75) is 26.4 Å². The highest BCUT2D eigenvalue weighted by molar-refractivity contribution is 5.85. The lowest BCUT2D eigenvalue weighted by Gasteiger charge is -2.14. The molecule has 32 heavy (non-hydrogen) atoms. The van der Waals surface area contributed by atoms with E-state index in [1.807, 2.05) is 60.8 Å². The summed E-state index contributed by atoms with van der Waals surface area (Å²) in [6.07, 6.45) is 3.47. The first-order valence-electron chi connectivity index (χ1n) is 10.6. The van der Waals surface area contributed by atoms with Crippen molar-refractivity contribution >= 4 is 10.9 Å². The molecule has 158 valence electrons. The fourth-order valence-corrected chi connectivity index (χ4v) is 3.72. The first-order chi connectivity index (χ1) is 15.7. The summed E-state index contributed by atoms with van der Waals surface area (Å²) >= 11 is 0. The van der Waals surface area contributed by atoms with Gasteiger partial charge in [0.15, 0.2) is 5.82 Å². The Labute approximate surface area is 186 Å². The van der Waals surface area contributed by atoms with Crippen molar-refractivity contribution in [1.82, 2.24) is 25.0 Å². The third-order valence-corrected chi connectivity index (χ3v) is 5.39. The van der Waals surface area contributed by atoms with Gasteiger partial charge in [-0.2, -0.15) is 4.98 Å². The number of rotatable bonds is 6. The molecule has 2 aromatic heterocycles. The normalized spacial score (nSPS) is 11.2. The molecule has 0 saturated carbocycles. The fraction of sp³-hybridized carbons (Fsp3) is 0.154. The van der Waals surface area contributed by atoms with Crippen LogP contribution in [-0.2, 0) is 6.61 Å². The molecule has 5 aromatic rings. The molecular weight excluding hydrogens is 398 g/mol. The van der Waals surface area contributed by atoms with Crippen LogP contribution >= 0.6 is 0 Å². The molecule has 0 aliphatic rings. The van der Waals surface area contributed by atoms with Crippen LogP contribution < -0.4 is 4.74 Å². The van der Waals surface area contributed by atoms with E-state index >= 15 is 0 Å². The number of para-hydroxylation sites is 1. The molecule has 0 N–H and O–H groups in total. The van der Waals surface area contributed by atoms with Crippen molar-refractivity contribution in [2.75, 3.05) is 0 Å². The predicted molar refractivity (Wildman–Crippen MR) is 125 cm³/mol. The molecule has 0 amide bonds. The molecule has 0 saturated heterocycles. The van der Waals surface area contributed by atoms with Gasteiger partial charge in [-0.05, 0) is 41.3 Å². The molecule has 0 bridgehead atoms. The van der Waals surface area contributed by atoms with Crippen LogP contribution in [0, 0.1) is 0 Å². The Morgan fingerprint density at radius 3 is 2.44 bits per heavy atom. The SMILES string of the molecule is CC(C)c1ccccc1-c1nc(OCc2ccc(-n3ccnn3)cc2)c2ccccc2n1. The minimum absolute atomic E-state index is 0.370. The summed E-state index contributed by atoms with van der Waals surface area (Å²) in [6, 6.07) is 24.3. The van der Waals surface area contributed by atoms with Crippen molar-refractivity contribution in [2.24, 2.45) is 0 Å². The molecule has 0 aliphatic carbocycles. The van der Waals surface area contributed by atoms with E-state index in [1.54, 1.807) is 10.9 Å². The first-order valence-corrected chi connectivity index (χ1v) is 10.6. The summed E-state index contributed by atoms with van der Waals surface area (Å²) in [5.41, 5.74) is 5.12. The summed E-state index contributed by atoms with van der Waals surface area (Å²) in [7, 11) is 0. The lowest BCUT2D eigenvalue weighted by atomic mass is 9.97. The van der Waals surface area contributed by atoms with Crippen molar-refractivity contribution < 1.29 is 4.74 Å². The Morgan fingerprint density at radius 1 is 0.875 bits per heavy atom. The van der Waals surface area contributed by atoms with E-state index < -0.39 is 0 Å². The third kappa shape index (κ3) is 3.95. The maximum atomic E-state index is 6.21. The van der Waals surface area contributed by atoms with E-state index in [0.717, 1.165) is 27.7 Å². The van der Waals surface area contributed by atoms with Crippen LogP contribution in [0.5, 0.6) is 5.88 Å². The molecule has 0 atom stereocenters. The van der Waals surface area contributed by atoms with Crippen LogP contribution in [0.4, 0.5) is 0 Å². The van der Waals surface area contributed by atoms with Gasteiger partial charge in [-0.3, -0.25) is 0 Å². The fourth-order valence-electron chi connectivity index (χ4n) is 3.72. The molecule has 0 unspecified atom stereocenters. The smallest absolute Gasteiger partial charge is 0.225 e. The number of nitrogens with zero attached hydrogens (tertiary/aromatic N) is 5. The molecule has 0 spiro atoms. The first kappa shape index (κ1) is 19.9. The van der Waals surface area contributed by atoms with Crippen molar-refractivity contribution in [3.05, 3.63) is 96.3 Å². The van der Waals surface area contributed by atoms with Crippen LogP contribution in [0.1, 0.15) is 30.9 Å². The Hall–Kier alpha value is -4.06. The Balaban J connectivity index is 1.47. The molecular formula is C26H23N5O. The molecule has 6 nitrogen and oxygen atoms in total. The molecule has 6 heteroatoms. The molecule has 5 rings (SSSR count). The molecule has 0 radical (unpaired) electrons. The number of ether oxygens (including phenoxy) is 1. The third-order valence-electron chi connectivity index (χ3n) is 5.39. The van der Waals surface area contributed by atoms with Crippen molar-refractivity contribution in [3.8, 4) is 23.0 Å². The summed E-state index contributed by atoms with van der Waals surface area (Å²) in [6.45, 7) is 4.77. The van der Waals surface area contributed by atoms with E-state index in [-0.39, 0.29) is 0 Å². The molecule has 2 heterocycles. The number of fused-ring (bicyclic) bond motifs is 1. The second kappa shape index (κ2) is 8.59. The van der Waals surface area contributed by atoms with Gasteiger partial charge in [0.25, 0.3) is 0 Å². The van der Waals surface area contributed by atoms with Gasteiger partial charge in [0.05, 0.1) is 29.0 Å². The zero-order valence-electron chi connectivity index (χ0n) is 18.0. The number of hydrogen-bond acceptors (Lipinski definition) is 5. The topological polar surface area (TPSA) is 65.7 Å². The monoisotopic (exact) mass is 421 g/mol. The molecule has 0 fully saturated rings. The zero-order chi connectivity index (χ0) is 21.9. The standard InChI is InChI=1S/C26H23N5O/c1-18(2)21-7-3-4-8-22(21)25-28-24-10-6-5-9-23(24)26(29-25)32-17-19-11-13-20(14-12-19)31-16-15-27-30-31/h3-16,18H,17H2,1-2H3. The zero-order valence-corrected chi connectivity index (χ0v) is 18.0. The maximum Gasteiger partial charge on any atom is 0.225 e. The van der Waals surface area contributed by atoms with Crippen LogP contribution in [-0.4, -0.2) is 25.0 Å². The number of hydrogen-bond donors (Lipinski definition) is 0. The van der Waals surface area contributed by atoms with E-state index in [4.69, 9.17) is 14.7 Å². The van der Waals surface area contributed by atoms with Gasteiger partial charge in [-0.15, -0.1) is 5.10 Å².